The van der Waals surface area contributed by atoms with Gasteiger partial charge in [-0.25, -0.2) is 0 Å². The standard InChI is InChI=1S/C15H23N3OS2/c1-21-12-2-7-16-15(20)18-10-8-17(9-11-18)13-3-5-14(19)6-4-13/h3-6,19H,2,7-12H2,1H3,(H,16,20). The van der Waals surface area contributed by atoms with E-state index in [1.54, 1.807) is 12.1 Å². The average Bonchev–Trinajstić information content (AvgIpc) is 2.52. The first-order valence-electron chi connectivity index (χ1n) is 7.26. The van der Waals surface area contributed by atoms with Crippen molar-refractivity contribution in [1.29, 1.82) is 0 Å². The summed E-state index contributed by atoms with van der Waals surface area (Å²) in [5, 5.41) is 13.6. The summed E-state index contributed by atoms with van der Waals surface area (Å²) in [5.74, 6) is 1.48. The molecule has 21 heavy (non-hydrogen) atoms. The van der Waals surface area contributed by atoms with E-state index in [0.29, 0.717) is 5.75 Å². The third kappa shape index (κ3) is 4.97. The summed E-state index contributed by atoms with van der Waals surface area (Å²) in [5.41, 5.74) is 1.16. The zero-order chi connectivity index (χ0) is 15.1. The molecule has 0 atom stereocenters. The first-order valence-corrected chi connectivity index (χ1v) is 9.06. The van der Waals surface area contributed by atoms with Crippen LogP contribution in [0.15, 0.2) is 24.3 Å². The minimum atomic E-state index is 0.313. The average molecular weight is 326 g/mol. The van der Waals surface area contributed by atoms with E-state index in [1.165, 1.54) is 5.75 Å². The van der Waals surface area contributed by atoms with Crippen LogP contribution < -0.4 is 10.2 Å². The van der Waals surface area contributed by atoms with Gasteiger partial charge in [-0.15, -0.1) is 0 Å². The van der Waals surface area contributed by atoms with Crippen molar-refractivity contribution < 1.29 is 5.11 Å². The van der Waals surface area contributed by atoms with Crippen molar-refractivity contribution in [2.75, 3.05) is 49.6 Å². The summed E-state index contributed by atoms with van der Waals surface area (Å²) < 4.78 is 0. The van der Waals surface area contributed by atoms with Crippen LogP contribution in [0.3, 0.4) is 0 Å². The molecule has 0 bridgehead atoms. The summed E-state index contributed by atoms with van der Waals surface area (Å²) >= 11 is 7.32. The Balaban J connectivity index is 1.75. The van der Waals surface area contributed by atoms with Crippen molar-refractivity contribution in [3.05, 3.63) is 24.3 Å². The van der Waals surface area contributed by atoms with Gasteiger partial charge in [0.25, 0.3) is 0 Å². The number of thioether (sulfide) groups is 1. The molecule has 1 aliphatic heterocycles. The Hall–Kier alpha value is -1.14. The van der Waals surface area contributed by atoms with Crippen molar-refractivity contribution in [2.45, 2.75) is 6.42 Å². The van der Waals surface area contributed by atoms with E-state index in [-0.39, 0.29) is 0 Å². The van der Waals surface area contributed by atoms with Crippen molar-refractivity contribution >= 4 is 34.8 Å². The molecule has 1 aliphatic rings. The molecule has 0 amide bonds. The van der Waals surface area contributed by atoms with Gasteiger partial charge in [-0.3, -0.25) is 0 Å². The number of hydrogen-bond acceptors (Lipinski definition) is 4. The van der Waals surface area contributed by atoms with Gasteiger partial charge in [-0.2, -0.15) is 11.8 Å². The predicted molar refractivity (Wildman–Crippen MR) is 95.5 cm³/mol. The first-order chi connectivity index (χ1) is 10.2. The van der Waals surface area contributed by atoms with Gasteiger partial charge in [0.1, 0.15) is 5.75 Å². The molecule has 6 heteroatoms. The fraction of sp³-hybridized carbons (Fsp3) is 0.533. The molecule has 0 spiro atoms. The normalized spacial score (nSPS) is 15.1. The Morgan fingerprint density at radius 2 is 1.90 bits per heavy atom. The molecule has 2 N–H and O–H groups in total. The largest absolute Gasteiger partial charge is 0.508 e. The fourth-order valence-corrected chi connectivity index (χ4v) is 3.07. The number of aromatic hydroxyl groups is 1. The summed E-state index contributed by atoms with van der Waals surface area (Å²) in [4.78, 5) is 4.57. The number of benzene rings is 1. The van der Waals surface area contributed by atoms with E-state index in [1.807, 2.05) is 23.9 Å². The summed E-state index contributed by atoms with van der Waals surface area (Å²) in [7, 11) is 0. The molecule has 0 aromatic heterocycles. The molecule has 1 aromatic carbocycles. The highest BCUT2D eigenvalue weighted by molar-refractivity contribution is 7.98. The molecule has 4 nitrogen and oxygen atoms in total. The number of nitrogens with zero attached hydrogens (tertiary/aromatic N) is 2. The maximum Gasteiger partial charge on any atom is 0.169 e. The number of phenolic OH excluding ortho intramolecular Hbond substituents is 1. The second-order valence-electron chi connectivity index (χ2n) is 5.07. The third-order valence-corrected chi connectivity index (χ3v) is 4.68. The van der Waals surface area contributed by atoms with E-state index in [2.05, 4.69) is 21.4 Å². The highest BCUT2D eigenvalue weighted by Gasteiger charge is 2.18. The van der Waals surface area contributed by atoms with Crippen LogP contribution in [0.4, 0.5) is 5.69 Å². The van der Waals surface area contributed by atoms with Crippen LogP contribution in [0.5, 0.6) is 5.75 Å². The summed E-state index contributed by atoms with van der Waals surface area (Å²) in [6.45, 7) is 4.75. The lowest BCUT2D eigenvalue weighted by Crippen LogP contribution is -2.51. The summed E-state index contributed by atoms with van der Waals surface area (Å²) in [6, 6.07) is 7.40. The van der Waals surface area contributed by atoms with Crippen LogP contribution >= 0.6 is 24.0 Å². The van der Waals surface area contributed by atoms with Crippen molar-refractivity contribution in [2.24, 2.45) is 0 Å². The van der Waals surface area contributed by atoms with E-state index < -0.39 is 0 Å². The smallest absolute Gasteiger partial charge is 0.169 e. The number of piperazine rings is 1. The van der Waals surface area contributed by atoms with Gasteiger partial charge in [0, 0.05) is 38.4 Å². The van der Waals surface area contributed by atoms with Gasteiger partial charge in [-0.1, -0.05) is 0 Å². The van der Waals surface area contributed by atoms with Crippen LogP contribution in [-0.4, -0.2) is 59.9 Å². The SMILES string of the molecule is CSCCCNC(=S)N1CCN(c2ccc(O)cc2)CC1. The van der Waals surface area contributed by atoms with Crippen LogP contribution in [-0.2, 0) is 0 Å². The lowest BCUT2D eigenvalue weighted by atomic mass is 10.2. The van der Waals surface area contributed by atoms with Gasteiger partial charge in [0.05, 0.1) is 0 Å². The topological polar surface area (TPSA) is 38.7 Å². The van der Waals surface area contributed by atoms with Gasteiger partial charge in [0.15, 0.2) is 5.11 Å². The fourth-order valence-electron chi connectivity index (χ4n) is 2.35. The number of anilines is 1. The second kappa shape index (κ2) is 8.34. The quantitative estimate of drug-likeness (QED) is 0.638. The molecular formula is C15H23N3OS2. The molecule has 0 unspecified atom stereocenters. The van der Waals surface area contributed by atoms with Gasteiger partial charge >= 0.3 is 0 Å². The Morgan fingerprint density at radius 3 is 2.52 bits per heavy atom. The maximum atomic E-state index is 9.34. The maximum absolute atomic E-state index is 9.34. The highest BCUT2D eigenvalue weighted by atomic mass is 32.2. The molecule has 116 valence electrons. The van der Waals surface area contributed by atoms with E-state index >= 15 is 0 Å². The Kier molecular flexibility index (Phi) is 6.45. The number of phenols is 1. The lowest BCUT2D eigenvalue weighted by Gasteiger charge is -2.37. The number of nitrogens with one attached hydrogen (secondary N) is 1. The minimum absolute atomic E-state index is 0.313. The first kappa shape index (κ1) is 16.2. The number of thiocarbonyl (C=S) groups is 1. The van der Waals surface area contributed by atoms with E-state index in [0.717, 1.165) is 49.9 Å². The molecule has 1 saturated heterocycles. The predicted octanol–water partition coefficient (Wildman–Crippen LogP) is 2.14. The van der Waals surface area contributed by atoms with Gasteiger partial charge in [0.2, 0.25) is 0 Å². The Bertz CT molecular complexity index is 445. The Labute approximate surface area is 136 Å². The zero-order valence-corrected chi connectivity index (χ0v) is 14.1. The molecule has 2 rings (SSSR count). The van der Waals surface area contributed by atoms with Gasteiger partial charge in [-0.05, 0) is 54.9 Å². The van der Waals surface area contributed by atoms with Crippen LogP contribution in [0.2, 0.25) is 0 Å². The van der Waals surface area contributed by atoms with Gasteiger partial charge < -0.3 is 20.2 Å². The number of hydrogen-bond donors (Lipinski definition) is 2. The molecule has 1 aromatic rings. The third-order valence-electron chi connectivity index (χ3n) is 3.58. The second-order valence-corrected chi connectivity index (χ2v) is 6.44. The molecule has 0 aliphatic carbocycles. The summed E-state index contributed by atoms with van der Waals surface area (Å²) in [6.07, 6.45) is 3.27. The van der Waals surface area contributed by atoms with Crippen LogP contribution in [0.1, 0.15) is 6.42 Å². The van der Waals surface area contributed by atoms with Crippen LogP contribution in [0.25, 0.3) is 0 Å². The molecule has 0 radical (unpaired) electrons. The molecule has 0 saturated carbocycles. The lowest BCUT2D eigenvalue weighted by molar-refractivity contribution is 0.380. The van der Waals surface area contributed by atoms with Crippen LogP contribution in [0, 0.1) is 0 Å². The zero-order valence-electron chi connectivity index (χ0n) is 12.4. The Morgan fingerprint density at radius 1 is 1.24 bits per heavy atom. The monoisotopic (exact) mass is 325 g/mol. The van der Waals surface area contributed by atoms with Crippen molar-refractivity contribution in [1.82, 2.24) is 10.2 Å². The van der Waals surface area contributed by atoms with E-state index in [4.69, 9.17) is 12.2 Å². The molecular weight excluding hydrogens is 302 g/mol. The van der Waals surface area contributed by atoms with Crippen molar-refractivity contribution in [3.8, 4) is 5.75 Å². The van der Waals surface area contributed by atoms with E-state index in [9.17, 15) is 5.11 Å². The molecule has 1 fully saturated rings. The minimum Gasteiger partial charge on any atom is -0.508 e. The highest BCUT2D eigenvalue weighted by Crippen LogP contribution is 2.19. The molecule has 1 heterocycles. The van der Waals surface area contributed by atoms with Crippen molar-refractivity contribution in [3.63, 3.8) is 0 Å². The number of rotatable bonds is 5.